The van der Waals surface area contributed by atoms with Gasteiger partial charge in [-0.05, 0) is 26.2 Å². The van der Waals surface area contributed by atoms with Crippen LogP contribution in [0, 0.1) is 5.41 Å². The van der Waals surface area contributed by atoms with Gasteiger partial charge in [0.15, 0.2) is 17.0 Å². The molecule has 0 bridgehead atoms. The van der Waals surface area contributed by atoms with Gasteiger partial charge in [-0.25, -0.2) is 0 Å². The van der Waals surface area contributed by atoms with Crippen LogP contribution in [0.4, 0.5) is 0 Å². The van der Waals surface area contributed by atoms with E-state index < -0.39 is 17.5 Å². The molecule has 0 spiro atoms. The Labute approximate surface area is 184 Å². The Morgan fingerprint density at radius 3 is 1.63 bits per heavy atom. The van der Waals surface area contributed by atoms with Crippen molar-refractivity contribution in [2.45, 2.75) is 130 Å². The average Bonchev–Trinajstić information content (AvgIpc) is 2.71. The molecule has 0 amide bonds. The van der Waals surface area contributed by atoms with Gasteiger partial charge in [-0.15, -0.1) is 0 Å². The number of hydrogen-bond acceptors (Lipinski definition) is 5. The van der Waals surface area contributed by atoms with Crippen molar-refractivity contribution in [3.63, 3.8) is 0 Å². The molecule has 0 aliphatic carbocycles. The second-order valence-electron chi connectivity index (χ2n) is 8.63. The Morgan fingerprint density at radius 2 is 1.17 bits per heavy atom. The molecule has 1 unspecified atom stereocenters. The summed E-state index contributed by atoms with van der Waals surface area (Å²) >= 11 is 0. The topological polar surface area (TPSA) is 80.7 Å². The molecule has 0 rings (SSSR count). The summed E-state index contributed by atoms with van der Waals surface area (Å²) in [5.74, 6) is -1.33. The summed E-state index contributed by atoms with van der Waals surface area (Å²) in [6, 6.07) is 0. The molecule has 0 aromatic heterocycles. The minimum absolute atomic E-state index is 0.193. The Hall–Kier alpha value is -1.23. The minimum atomic E-state index is -1.69. The monoisotopic (exact) mass is 426 g/mol. The molecule has 176 valence electrons. The van der Waals surface area contributed by atoms with E-state index in [0.717, 1.165) is 51.4 Å². The van der Waals surface area contributed by atoms with E-state index in [9.17, 15) is 19.5 Å². The molecule has 0 aliphatic heterocycles. The first-order valence-corrected chi connectivity index (χ1v) is 12.3. The molecule has 1 atom stereocenters. The standard InChI is InChI=1S/C25H46O5/c1-5-8-11-12-13-16-19-25(22(27)17-14-9-6-2,23(28)18-15-10-7-3)24(29)30-20-21(4)26/h21,26H,5-20H2,1-4H3. The maximum absolute atomic E-state index is 13.3. The number of hydrogen-bond donors (Lipinski definition) is 1. The molecule has 0 aliphatic rings. The molecule has 0 aromatic carbocycles. The fraction of sp³-hybridized carbons (Fsp3) is 0.880. The summed E-state index contributed by atoms with van der Waals surface area (Å²) in [5, 5.41) is 9.54. The zero-order chi connectivity index (χ0) is 22.8. The Bertz CT molecular complexity index is 462. The SMILES string of the molecule is CCCCCCCCC(C(=O)CCCCC)(C(=O)CCCCC)C(=O)OCC(C)O. The van der Waals surface area contributed by atoms with Crippen LogP contribution in [-0.2, 0) is 19.1 Å². The number of Topliss-reactive ketones (excluding diaryl/α,β-unsaturated/α-hetero) is 2. The van der Waals surface area contributed by atoms with Gasteiger partial charge in [0.2, 0.25) is 0 Å². The van der Waals surface area contributed by atoms with Gasteiger partial charge in [0, 0.05) is 12.8 Å². The maximum Gasteiger partial charge on any atom is 0.327 e. The predicted molar refractivity (Wildman–Crippen MR) is 121 cm³/mol. The van der Waals surface area contributed by atoms with Gasteiger partial charge in [-0.2, -0.15) is 0 Å². The molecule has 0 heterocycles. The Morgan fingerprint density at radius 1 is 0.733 bits per heavy atom. The lowest BCUT2D eigenvalue weighted by Crippen LogP contribution is -2.48. The minimum Gasteiger partial charge on any atom is -0.462 e. The molecule has 0 saturated carbocycles. The van der Waals surface area contributed by atoms with Crippen LogP contribution >= 0.6 is 0 Å². The molecule has 0 saturated heterocycles. The van der Waals surface area contributed by atoms with Gasteiger partial charge in [-0.3, -0.25) is 14.4 Å². The molecular weight excluding hydrogens is 380 g/mol. The highest BCUT2D eigenvalue weighted by molar-refractivity contribution is 6.22. The Balaban J connectivity index is 5.53. The van der Waals surface area contributed by atoms with Crippen molar-refractivity contribution in [2.24, 2.45) is 5.41 Å². The van der Waals surface area contributed by atoms with E-state index in [1.165, 1.54) is 13.3 Å². The fourth-order valence-corrected chi connectivity index (χ4v) is 3.75. The maximum atomic E-state index is 13.3. The molecule has 0 aromatic rings. The van der Waals surface area contributed by atoms with Crippen LogP contribution < -0.4 is 0 Å². The van der Waals surface area contributed by atoms with E-state index in [2.05, 4.69) is 20.8 Å². The second kappa shape index (κ2) is 17.5. The average molecular weight is 427 g/mol. The molecule has 5 heteroatoms. The number of ether oxygens (including phenoxy) is 1. The van der Waals surface area contributed by atoms with Gasteiger partial charge in [-0.1, -0.05) is 85.0 Å². The number of ketones is 2. The van der Waals surface area contributed by atoms with Gasteiger partial charge in [0.05, 0.1) is 6.10 Å². The van der Waals surface area contributed by atoms with Gasteiger partial charge < -0.3 is 9.84 Å². The first kappa shape index (κ1) is 28.8. The van der Waals surface area contributed by atoms with E-state index in [1.54, 1.807) is 0 Å². The second-order valence-corrected chi connectivity index (χ2v) is 8.63. The third-order valence-electron chi connectivity index (χ3n) is 5.68. The summed E-state index contributed by atoms with van der Waals surface area (Å²) in [7, 11) is 0. The van der Waals surface area contributed by atoms with Crippen LogP contribution in [0.3, 0.4) is 0 Å². The van der Waals surface area contributed by atoms with E-state index in [-0.39, 0.29) is 37.4 Å². The summed E-state index contributed by atoms with van der Waals surface area (Å²) in [4.78, 5) is 39.7. The van der Waals surface area contributed by atoms with Crippen molar-refractivity contribution in [3.05, 3.63) is 0 Å². The number of carbonyl (C=O) groups is 3. The fourth-order valence-electron chi connectivity index (χ4n) is 3.75. The number of aliphatic hydroxyl groups excluding tert-OH is 1. The van der Waals surface area contributed by atoms with Crippen LogP contribution in [0.25, 0.3) is 0 Å². The normalized spacial score (nSPS) is 12.6. The predicted octanol–water partition coefficient (Wildman–Crippen LogP) is 5.95. The van der Waals surface area contributed by atoms with Gasteiger partial charge >= 0.3 is 5.97 Å². The van der Waals surface area contributed by atoms with E-state index >= 15 is 0 Å². The lowest BCUT2D eigenvalue weighted by molar-refractivity contribution is -0.167. The van der Waals surface area contributed by atoms with Gasteiger partial charge in [0.25, 0.3) is 0 Å². The van der Waals surface area contributed by atoms with Crippen LogP contribution in [-0.4, -0.2) is 35.4 Å². The first-order chi connectivity index (χ1) is 14.4. The third kappa shape index (κ3) is 10.7. The number of carbonyl (C=O) groups excluding carboxylic acids is 3. The molecule has 5 nitrogen and oxygen atoms in total. The van der Waals surface area contributed by atoms with Gasteiger partial charge in [0.1, 0.15) is 6.61 Å². The van der Waals surface area contributed by atoms with Crippen molar-refractivity contribution in [1.29, 1.82) is 0 Å². The quantitative estimate of drug-likeness (QED) is 0.148. The van der Waals surface area contributed by atoms with Crippen molar-refractivity contribution < 1.29 is 24.2 Å². The highest BCUT2D eigenvalue weighted by Gasteiger charge is 2.51. The number of aliphatic hydroxyl groups is 1. The lowest BCUT2D eigenvalue weighted by Gasteiger charge is -2.29. The number of rotatable bonds is 20. The van der Waals surface area contributed by atoms with E-state index in [4.69, 9.17) is 4.74 Å². The molecule has 30 heavy (non-hydrogen) atoms. The van der Waals surface area contributed by atoms with E-state index in [0.29, 0.717) is 19.3 Å². The Kier molecular flexibility index (Phi) is 16.7. The van der Waals surface area contributed by atoms with Crippen LogP contribution in [0.5, 0.6) is 0 Å². The smallest absolute Gasteiger partial charge is 0.327 e. The zero-order valence-corrected chi connectivity index (χ0v) is 20.0. The van der Waals surface area contributed by atoms with Crippen molar-refractivity contribution >= 4 is 17.5 Å². The highest BCUT2D eigenvalue weighted by Crippen LogP contribution is 2.34. The van der Waals surface area contributed by atoms with Crippen LogP contribution in [0.15, 0.2) is 0 Å². The van der Waals surface area contributed by atoms with Crippen molar-refractivity contribution in [1.82, 2.24) is 0 Å². The molecular formula is C25H46O5. The summed E-state index contributed by atoms with van der Waals surface area (Å²) in [5.41, 5.74) is -1.69. The first-order valence-electron chi connectivity index (χ1n) is 12.3. The summed E-state index contributed by atoms with van der Waals surface area (Å²) in [6.07, 6.45) is 11.0. The number of unbranched alkanes of at least 4 members (excludes halogenated alkanes) is 9. The van der Waals surface area contributed by atoms with Crippen molar-refractivity contribution in [2.75, 3.05) is 6.61 Å². The molecule has 0 fully saturated rings. The lowest BCUT2D eigenvalue weighted by atomic mass is 9.72. The summed E-state index contributed by atoms with van der Waals surface area (Å²) < 4.78 is 5.29. The largest absolute Gasteiger partial charge is 0.462 e. The molecule has 0 radical (unpaired) electrons. The van der Waals surface area contributed by atoms with Crippen LogP contribution in [0.1, 0.15) is 124 Å². The van der Waals surface area contributed by atoms with E-state index in [1.807, 2.05) is 0 Å². The highest BCUT2D eigenvalue weighted by atomic mass is 16.5. The molecule has 1 N–H and O–H groups in total. The third-order valence-corrected chi connectivity index (χ3v) is 5.68. The number of esters is 1. The summed E-state index contributed by atoms with van der Waals surface area (Å²) in [6.45, 7) is 7.60. The zero-order valence-electron chi connectivity index (χ0n) is 20.0. The van der Waals surface area contributed by atoms with Crippen molar-refractivity contribution in [3.8, 4) is 0 Å². The van der Waals surface area contributed by atoms with Crippen LogP contribution in [0.2, 0.25) is 0 Å².